The molecule has 1 unspecified atom stereocenters. The summed E-state index contributed by atoms with van der Waals surface area (Å²) in [5.74, 6) is -0.376. The van der Waals surface area contributed by atoms with E-state index in [4.69, 9.17) is 11.5 Å². The number of nitrogens with one attached hydrogen (secondary N) is 1. The van der Waals surface area contributed by atoms with E-state index in [2.05, 4.69) is 27.1 Å². The van der Waals surface area contributed by atoms with Crippen molar-refractivity contribution in [3.63, 3.8) is 0 Å². The molecule has 172 valence electrons. The molecule has 0 radical (unpaired) electrons. The highest BCUT2D eigenvalue weighted by Crippen LogP contribution is 2.41. The van der Waals surface area contributed by atoms with E-state index in [1.807, 2.05) is 18.2 Å². The van der Waals surface area contributed by atoms with Gasteiger partial charge in [0.05, 0.1) is 40.6 Å². The van der Waals surface area contributed by atoms with E-state index < -0.39 is 6.10 Å². The smallest absolute Gasteiger partial charge is 0.276 e. The Morgan fingerprint density at radius 3 is 2.94 bits per heavy atom. The molecule has 1 aliphatic heterocycles. The number of piperidine rings is 1. The summed E-state index contributed by atoms with van der Waals surface area (Å²) in [5, 5.41) is 14.3. The third-order valence-corrected chi connectivity index (χ3v) is 6.72. The molecule has 2 atom stereocenters. The quantitative estimate of drug-likeness (QED) is 0.485. The molecule has 1 aliphatic carbocycles. The number of rotatable bonds is 4. The summed E-state index contributed by atoms with van der Waals surface area (Å²) in [6.45, 7) is 3.63. The summed E-state index contributed by atoms with van der Waals surface area (Å²) in [4.78, 5) is 24.6. The lowest BCUT2D eigenvalue weighted by Crippen LogP contribution is -2.43. The van der Waals surface area contributed by atoms with Crippen LogP contribution in [0.1, 0.15) is 59.6 Å². The van der Waals surface area contributed by atoms with Crippen molar-refractivity contribution in [1.29, 1.82) is 0 Å². The van der Waals surface area contributed by atoms with Crippen LogP contribution >= 0.6 is 0 Å². The number of anilines is 3. The summed E-state index contributed by atoms with van der Waals surface area (Å²) in [6.07, 6.45) is 5.24. The lowest BCUT2D eigenvalue weighted by molar-refractivity contribution is 0.102. The van der Waals surface area contributed by atoms with Gasteiger partial charge in [0, 0.05) is 30.1 Å². The summed E-state index contributed by atoms with van der Waals surface area (Å²) in [5.41, 5.74) is 18.1. The Morgan fingerprint density at radius 2 is 2.15 bits per heavy atom. The second-order valence-corrected chi connectivity index (χ2v) is 9.05. The van der Waals surface area contributed by atoms with Crippen LogP contribution in [0, 0.1) is 0 Å². The first kappa shape index (κ1) is 21.6. The highest BCUT2D eigenvalue weighted by atomic mass is 16.3. The molecule has 33 heavy (non-hydrogen) atoms. The third kappa shape index (κ3) is 4.00. The van der Waals surface area contributed by atoms with Gasteiger partial charge in [0.1, 0.15) is 0 Å². The average molecular weight is 447 g/mol. The molecule has 3 aromatic rings. The SMILES string of the molecule is CCc1ccc2cc(N)c(C(=O)Nc3cnc4c(c3N3CCCC(N)C3)CC[C@H]4O)nc2c1. The molecule has 2 aliphatic rings. The molecule has 3 heterocycles. The molecule has 1 saturated heterocycles. The fraction of sp³-hybridized carbons (Fsp3) is 0.400. The van der Waals surface area contributed by atoms with Gasteiger partial charge in [0.15, 0.2) is 5.69 Å². The van der Waals surface area contributed by atoms with Gasteiger partial charge in [-0.15, -0.1) is 0 Å². The van der Waals surface area contributed by atoms with E-state index in [0.717, 1.165) is 53.5 Å². The van der Waals surface area contributed by atoms with Gasteiger partial charge in [-0.05, 0) is 49.8 Å². The molecular weight excluding hydrogens is 416 g/mol. The zero-order valence-electron chi connectivity index (χ0n) is 18.8. The summed E-state index contributed by atoms with van der Waals surface area (Å²) >= 11 is 0. The zero-order valence-corrected chi connectivity index (χ0v) is 18.8. The Morgan fingerprint density at radius 1 is 1.30 bits per heavy atom. The number of carbonyl (C=O) groups is 1. The molecule has 5 rings (SSSR count). The van der Waals surface area contributed by atoms with Crippen LogP contribution in [0.4, 0.5) is 17.1 Å². The van der Waals surface area contributed by atoms with Gasteiger partial charge in [0.2, 0.25) is 0 Å². The lowest BCUT2D eigenvalue weighted by atomic mass is 10.0. The number of nitrogens with zero attached hydrogens (tertiary/aromatic N) is 3. The Balaban J connectivity index is 1.53. The maximum atomic E-state index is 13.3. The molecule has 0 spiro atoms. The van der Waals surface area contributed by atoms with E-state index in [-0.39, 0.29) is 17.6 Å². The van der Waals surface area contributed by atoms with Crippen molar-refractivity contribution in [2.45, 2.75) is 51.2 Å². The van der Waals surface area contributed by atoms with Crippen LogP contribution in [-0.2, 0) is 12.8 Å². The van der Waals surface area contributed by atoms with Gasteiger partial charge in [0.25, 0.3) is 5.91 Å². The Hall–Kier alpha value is -3.23. The van der Waals surface area contributed by atoms with Crippen LogP contribution in [-0.4, -0.2) is 40.1 Å². The molecular formula is C25H30N6O2. The number of aliphatic hydroxyl groups excluding tert-OH is 1. The average Bonchev–Trinajstić information content (AvgIpc) is 3.18. The number of amides is 1. The van der Waals surface area contributed by atoms with Crippen molar-refractivity contribution < 1.29 is 9.90 Å². The van der Waals surface area contributed by atoms with E-state index in [9.17, 15) is 9.90 Å². The molecule has 1 aromatic carbocycles. The molecule has 0 bridgehead atoms. The lowest BCUT2D eigenvalue weighted by Gasteiger charge is -2.35. The van der Waals surface area contributed by atoms with Crippen LogP contribution in [0.15, 0.2) is 30.5 Å². The van der Waals surface area contributed by atoms with E-state index in [1.165, 1.54) is 0 Å². The van der Waals surface area contributed by atoms with E-state index in [0.29, 0.717) is 36.5 Å². The van der Waals surface area contributed by atoms with Gasteiger partial charge in [-0.2, -0.15) is 0 Å². The topological polar surface area (TPSA) is 130 Å². The summed E-state index contributed by atoms with van der Waals surface area (Å²) in [7, 11) is 0. The number of nitrogens with two attached hydrogens (primary N) is 2. The second-order valence-electron chi connectivity index (χ2n) is 9.05. The minimum absolute atomic E-state index is 0.0722. The normalized spacial score (nSPS) is 20.2. The number of hydrogen-bond acceptors (Lipinski definition) is 7. The standard InChI is InChI=1S/C25H30N6O2/c1-2-14-5-6-15-11-18(27)23(29-19(15)10-14)25(33)30-20-12-28-22-17(7-8-21(22)32)24(20)31-9-3-4-16(26)13-31/h5-6,10-12,16,21,32H,2-4,7-9,13,26-27H2,1H3,(H,30,33)/t16?,21-/m1/s1. The molecule has 8 heteroatoms. The highest BCUT2D eigenvalue weighted by Gasteiger charge is 2.31. The van der Waals surface area contributed by atoms with Gasteiger partial charge in [-0.25, -0.2) is 4.98 Å². The second kappa shape index (κ2) is 8.61. The molecule has 8 nitrogen and oxygen atoms in total. The van der Waals surface area contributed by atoms with Crippen molar-refractivity contribution in [3.8, 4) is 0 Å². The first-order valence-electron chi connectivity index (χ1n) is 11.7. The van der Waals surface area contributed by atoms with E-state index >= 15 is 0 Å². The highest BCUT2D eigenvalue weighted by molar-refractivity contribution is 6.09. The number of benzene rings is 1. The summed E-state index contributed by atoms with van der Waals surface area (Å²) in [6, 6.07) is 7.88. The zero-order chi connectivity index (χ0) is 23.1. The number of fused-ring (bicyclic) bond motifs is 2. The first-order chi connectivity index (χ1) is 15.9. The monoisotopic (exact) mass is 446 g/mol. The predicted octanol–water partition coefficient (Wildman–Crippen LogP) is 2.93. The predicted molar refractivity (Wildman–Crippen MR) is 130 cm³/mol. The van der Waals surface area contributed by atoms with Crippen LogP contribution in [0.2, 0.25) is 0 Å². The van der Waals surface area contributed by atoms with Crippen LogP contribution < -0.4 is 21.7 Å². The number of pyridine rings is 2. The van der Waals surface area contributed by atoms with Gasteiger partial charge < -0.3 is 26.8 Å². The Labute approximate surface area is 193 Å². The van der Waals surface area contributed by atoms with Gasteiger partial charge in [-0.3, -0.25) is 9.78 Å². The summed E-state index contributed by atoms with van der Waals surface area (Å²) < 4.78 is 0. The van der Waals surface area contributed by atoms with Crippen molar-refractivity contribution in [2.75, 3.05) is 29.0 Å². The van der Waals surface area contributed by atoms with Crippen LogP contribution in [0.5, 0.6) is 0 Å². The Kier molecular flexibility index (Phi) is 5.64. The van der Waals surface area contributed by atoms with Crippen LogP contribution in [0.3, 0.4) is 0 Å². The fourth-order valence-electron chi connectivity index (χ4n) is 4.99. The number of aliphatic hydroxyl groups is 1. The van der Waals surface area contributed by atoms with Crippen molar-refractivity contribution in [2.24, 2.45) is 5.73 Å². The van der Waals surface area contributed by atoms with Crippen LogP contribution in [0.25, 0.3) is 10.9 Å². The minimum atomic E-state index is -0.576. The number of aromatic nitrogens is 2. The van der Waals surface area contributed by atoms with Crippen molar-refractivity contribution in [3.05, 3.63) is 53.0 Å². The maximum Gasteiger partial charge on any atom is 0.276 e. The van der Waals surface area contributed by atoms with Crippen molar-refractivity contribution in [1.82, 2.24) is 9.97 Å². The Bertz CT molecular complexity index is 1230. The largest absolute Gasteiger partial charge is 0.397 e. The van der Waals surface area contributed by atoms with Crippen molar-refractivity contribution >= 4 is 33.9 Å². The molecule has 1 amide bonds. The maximum absolute atomic E-state index is 13.3. The molecule has 2 aromatic heterocycles. The first-order valence-corrected chi connectivity index (χ1v) is 11.7. The number of carbonyl (C=O) groups excluding carboxylic acids is 1. The van der Waals surface area contributed by atoms with Gasteiger partial charge >= 0.3 is 0 Å². The number of aryl methyl sites for hydroxylation is 1. The fourth-order valence-corrected chi connectivity index (χ4v) is 4.99. The molecule has 0 saturated carbocycles. The number of nitrogen functional groups attached to an aromatic ring is 1. The van der Waals surface area contributed by atoms with E-state index in [1.54, 1.807) is 12.3 Å². The molecule has 1 fully saturated rings. The molecule has 6 N–H and O–H groups in total. The third-order valence-electron chi connectivity index (χ3n) is 6.72. The number of hydrogen-bond donors (Lipinski definition) is 4. The minimum Gasteiger partial charge on any atom is -0.397 e. The van der Waals surface area contributed by atoms with Gasteiger partial charge in [-0.1, -0.05) is 19.1 Å².